The van der Waals surface area contributed by atoms with Gasteiger partial charge in [-0.3, -0.25) is 0 Å². The highest BCUT2D eigenvalue weighted by Gasteiger charge is 2.36. The number of alkyl halides is 3. The highest BCUT2D eigenvalue weighted by atomic mass is 35.5. The molecule has 3 aromatic rings. The van der Waals surface area contributed by atoms with Crippen LogP contribution in [-0.2, 0) is 6.18 Å². The van der Waals surface area contributed by atoms with Crippen molar-refractivity contribution < 1.29 is 27.8 Å². The van der Waals surface area contributed by atoms with Gasteiger partial charge in [-0.05, 0) is 49.6 Å². The van der Waals surface area contributed by atoms with E-state index in [4.69, 9.17) is 16.6 Å². The fourth-order valence-electron chi connectivity index (χ4n) is 5.05. The first-order chi connectivity index (χ1) is 18.6. The molecule has 1 unspecified atom stereocenters. The summed E-state index contributed by atoms with van der Waals surface area (Å²) in [5.41, 5.74) is 0.225. The topological polar surface area (TPSA) is 88.9 Å². The predicted octanol–water partition coefficient (Wildman–Crippen LogP) is 4.35. The molecule has 1 aromatic carbocycles. The van der Waals surface area contributed by atoms with Gasteiger partial charge in [0.2, 0.25) is 5.95 Å². The molecule has 13 heteroatoms. The lowest BCUT2D eigenvalue weighted by molar-refractivity contribution is -0.137. The molecular formula is C26H27ClF4N6O2. The van der Waals surface area contributed by atoms with E-state index < -0.39 is 29.9 Å². The lowest BCUT2D eigenvalue weighted by atomic mass is 10.0. The van der Waals surface area contributed by atoms with Crippen molar-refractivity contribution in [3.8, 4) is 11.3 Å². The molecule has 8 nitrogen and oxygen atoms in total. The van der Waals surface area contributed by atoms with E-state index in [9.17, 15) is 27.8 Å². The summed E-state index contributed by atoms with van der Waals surface area (Å²) in [5, 5.41) is 19.9. The van der Waals surface area contributed by atoms with Crippen LogP contribution in [0.15, 0.2) is 42.6 Å². The maximum Gasteiger partial charge on any atom is 0.419 e. The molecule has 0 amide bonds. The zero-order valence-corrected chi connectivity index (χ0v) is 21.6. The number of aliphatic hydroxyl groups is 2. The Morgan fingerprint density at radius 1 is 0.949 bits per heavy atom. The van der Waals surface area contributed by atoms with Crippen LogP contribution in [0.3, 0.4) is 0 Å². The van der Waals surface area contributed by atoms with Gasteiger partial charge in [0.25, 0.3) is 0 Å². The minimum absolute atomic E-state index is 0.0692. The van der Waals surface area contributed by atoms with Crippen molar-refractivity contribution in [2.45, 2.75) is 37.8 Å². The standard InChI is InChI=1S/C26H27ClF4N6O2/c27-18-14-16(6-7-19(18)28)20-15-22(34-25(33-20)37-9-2-1-5-21(37)24(38)39)35-10-12-36(13-11-35)23-17(26(29,30)31)4-3-8-32-23/h3-4,6-8,14-15,21,24,38-39H,1-2,5,9-13H2. The molecule has 0 spiro atoms. The fraction of sp³-hybridized carbons (Fsp3) is 0.423. The number of aromatic nitrogens is 3. The van der Waals surface area contributed by atoms with Gasteiger partial charge in [0, 0.05) is 50.6 Å². The second kappa shape index (κ2) is 11.1. The van der Waals surface area contributed by atoms with E-state index in [1.54, 1.807) is 21.9 Å². The molecule has 1 atom stereocenters. The molecule has 0 saturated carbocycles. The highest BCUT2D eigenvalue weighted by Crippen LogP contribution is 2.36. The van der Waals surface area contributed by atoms with Gasteiger partial charge in [-0.1, -0.05) is 11.6 Å². The van der Waals surface area contributed by atoms with Crippen molar-refractivity contribution in [1.82, 2.24) is 15.0 Å². The number of anilines is 3. The average molecular weight is 567 g/mol. The summed E-state index contributed by atoms with van der Waals surface area (Å²) in [4.78, 5) is 18.7. The molecule has 4 heterocycles. The Balaban J connectivity index is 1.47. The van der Waals surface area contributed by atoms with Crippen LogP contribution in [0, 0.1) is 5.82 Å². The monoisotopic (exact) mass is 566 g/mol. The third kappa shape index (κ3) is 5.87. The maximum atomic E-state index is 13.9. The molecule has 2 aliphatic rings. The second-order valence-corrected chi connectivity index (χ2v) is 9.96. The van der Waals surface area contributed by atoms with E-state index in [1.165, 1.54) is 24.4 Å². The van der Waals surface area contributed by atoms with Crippen LogP contribution in [0.5, 0.6) is 0 Å². The molecule has 0 bridgehead atoms. The highest BCUT2D eigenvalue weighted by molar-refractivity contribution is 6.31. The minimum atomic E-state index is -4.52. The minimum Gasteiger partial charge on any atom is -0.366 e. The zero-order chi connectivity index (χ0) is 27.7. The van der Waals surface area contributed by atoms with Crippen LogP contribution in [-0.4, -0.2) is 70.2 Å². The normalized spacial score (nSPS) is 18.7. The SMILES string of the molecule is OC(O)C1CCCCN1c1nc(-c2ccc(F)c(Cl)c2)cc(N2CCN(c3ncccc3C(F)(F)F)CC2)n1. The van der Waals surface area contributed by atoms with E-state index in [0.717, 1.165) is 18.9 Å². The number of aliphatic hydroxyl groups excluding tert-OH is 1. The number of rotatable bonds is 5. The molecule has 0 radical (unpaired) electrons. The molecule has 2 saturated heterocycles. The molecule has 5 rings (SSSR count). The predicted molar refractivity (Wildman–Crippen MR) is 139 cm³/mol. The van der Waals surface area contributed by atoms with Crippen molar-refractivity contribution in [1.29, 1.82) is 0 Å². The first-order valence-corrected chi connectivity index (χ1v) is 13.0. The first kappa shape index (κ1) is 27.4. The summed E-state index contributed by atoms with van der Waals surface area (Å²) >= 11 is 6.03. The Kier molecular flexibility index (Phi) is 7.79. The van der Waals surface area contributed by atoms with E-state index in [0.29, 0.717) is 43.1 Å². The van der Waals surface area contributed by atoms with E-state index in [2.05, 4.69) is 9.97 Å². The van der Waals surface area contributed by atoms with Crippen molar-refractivity contribution in [2.75, 3.05) is 47.4 Å². The molecule has 2 fully saturated rings. The van der Waals surface area contributed by atoms with E-state index in [-0.39, 0.29) is 29.9 Å². The van der Waals surface area contributed by atoms with Gasteiger partial charge < -0.3 is 24.9 Å². The van der Waals surface area contributed by atoms with E-state index in [1.807, 2.05) is 4.90 Å². The molecule has 208 valence electrons. The van der Waals surface area contributed by atoms with Crippen molar-refractivity contribution >= 4 is 29.2 Å². The Hall–Kier alpha value is -3.22. The number of hydrogen-bond acceptors (Lipinski definition) is 8. The van der Waals surface area contributed by atoms with Crippen molar-refractivity contribution in [2.24, 2.45) is 0 Å². The van der Waals surface area contributed by atoms with Crippen LogP contribution in [0.2, 0.25) is 5.02 Å². The van der Waals surface area contributed by atoms with Gasteiger partial charge in [-0.2, -0.15) is 18.2 Å². The summed E-state index contributed by atoms with van der Waals surface area (Å²) in [6.07, 6.45) is -2.57. The van der Waals surface area contributed by atoms with Gasteiger partial charge in [0.15, 0.2) is 6.29 Å². The lowest BCUT2D eigenvalue weighted by Gasteiger charge is -2.39. The number of nitrogens with zero attached hydrogens (tertiary/aromatic N) is 6. The Morgan fingerprint density at radius 2 is 1.69 bits per heavy atom. The van der Waals surface area contributed by atoms with Gasteiger partial charge >= 0.3 is 6.18 Å². The Bertz CT molecular complexity index is 1320. The van der Waals surface area contributed by atoms with Crippen LogP contribution < -0.4 is 14.7 Å². The molecule has 0 aliphatic carbocycles. The maximum absolute atomic E-state index is 13.9. The molecular weight excluding hydrogens is 540 g/mol. The molecule has 2 N–H and O–H groups in total. The third-order valence-corrected chi connectivity index (χ3v) is 7.35. The number of piperidine rings is 1. The van der Waals surface area contributed by atoms with Crippen LogP contribution in [0.1, 0.15) is 24.8 Å². The summed E-state index contributed by atoms with van der Waals surface area (Å²) in [5.74, 6) is 0.122. The lowest BCUT2D eigenvalue weighted by Crippen LogP contribution is -2.49. The zero-order valence-electron chi connectivity index (χ0n) is 20.8. The number of piperazine rings is 1. The summed E-state index contributed by atoms with van der Waals surface area (Å²) in [7, 11) is 0. The van der Waals surface area contributed by atoms with Crippen LogP contribution in [0.25, 0.3) is 11.3 Å². The van der Waals surface area contributed by atoms with Gasteiger partial charge in [0.1, 0.15) is 17.5 Å². The van der Waals surface area contributed by atoms with Crippen LogP contribution >= 0.6 is 11.6 Å². The largest absolute Gasteiger partial charge is 0.419 e. The van der Waals surface area contributed by atoms with Crippen molar-refractivity contribution in [3.63, 3.8) is 0 Å². The quantitative estimate of drug-likeness (QED) is 0.348. The third-order valence-electron chi connectivity index (χ3n) is 7.06. The Labute approximate surface area is 227 Å². The van der Waals surface area contributed by atoms with Crippen molar-refractivity contribution in [3.05, 3.63) is 59.0 Å². The Morgan fingerprint density at radius 3 is 2.38 bits per heavy atom. The molecule has 39 heavy (non-hydrogen) atoms. The summed E-state index contributed by atoms with van der Waals surface area (Å²) in [6.45, 7) is 1.79. The number of hydrogen-bond donors (Lipinski definition) is 2. The number of halogens is 5. The number of benzene rings is 1. The van der Waals surface area contributed by atoms with Gasteiger partial charge in [0.05, 0.1) is 22.3 Å². The molecule has 2 aliphatic heterocycles. The van der Waals surface area contributed by atoms with E-state index >= 15 is 0 Å². The fourth-order valence-corrected chi connectivity index (χ4v) is 5.23. The summed E-state index contributed by atoms with van der Waals surface area (Å²) < 4.78 is 54.5. The number of pyridine rings is 1. The molecule has 2 aromatic heterocycles. The smallest absolute Gasteiger partial charge is 0.366 e. The average Bonchev–Trinajstić information content (AvgIpc) is 2.94. The van der Waals surface area contributed by atoms with Gasteiger partial charge in [-0.25, -0.2) is 14.4 Å². The summed E-state index contributed by atoms with van der Waals surface area (Å²) in [6, 6.07) is 7.66. The van der Waals surface area contributed by atoms with Crippen LogP contribution in [0.4, 0.5) is 35.1 Å². The van der Waals surface area contributed by atoms with Gasteiger partial charge in [-0.15, -0.1) is 0 Å². The second-order valence-electron chi connectivity index (χ2n) is 9.56. The first-order valence-electron chi connectivity index (χ1n) is 12.6.